The van der Waals surface area contributed by atoms with Crippen LogP contribution in [0, 0.1) is 0 Å². The molecule has 1 aliphatic heterocycles. The monoisotopic (exact) mass is 240 g/mol. The van der Waals surface area contributed by atoms with Gasteiger partial charge in [0.25, 0.3) is 5.91 Å². The van der Waals surface area contributed by atoms with Gasteiger partial charge in [0.2, 0.25) is 0 Å². The van der Waals surface area contributed by atoms with Gasteiger partial charge in [-0.05, 0) is 12.8 Å². The Morgan fingerprint density at radius 2 is 2.59 bits per heavy atom. The number of hydrogen-bond donors (Lipinski definition) is 2. The number of likely N-dealkylation sites (tertiary alicyclic amines) is 1. The van der Waals surface area contributed by atoms with Gasteiger partial charge in [-0.25, -0.2) is 0 Å². The summed E-state index contributed by atoms with van der Waals surface area (Å²) in [5, 5.41) is 15.9. The summed E-state index contributed by atoms with van der Waals surface area (Å²) in [5.74, 6) is 0.328. The number of aromatic nitrogens is 1. The zero-order chi connectivity index (χ0) is 12.3. The Kier molecular flexibility index (Phi) is 3.44. The highest BCUT2D eigenvalue weighted by Crippen LogP contribution is 2.16. The summed E-state index contributed by atoms with van der Waals surface area (Å²) < 4.78 is 5.21. The molecule has 2 N–H and O–H groups in total. The lowest BCUT2D eigenvalue weighted by atomic mass is 10.1. The first kappa shape index (κ1) is 12.1. The largest absolute Gasteiger partial charge is 0.387 e. The van der Waals surface area contributed by atoms with E-state index in [1.54, 1.807) is 6.07 Å². The molecule has 0 unspecified atom stereocenters. The molecule has 6 nitrogen and oxygen atoms in total. The summed E-state index contributed by atoms with van der Waals surface area (Å²) in [6.07, 6.45) is 2.90. The zero-order valence-electron chi connectivity index (χ0n) is 9.93. The summed E-state index contributed by atoms with van der Waals surface area (Å²) in [6.45, 7) is 1.90. The van der Waals surface area contributed by atoms with Crippen LogP contribution < -0.4 is 5.32 Å². The number of amides is 1. The Bertz CT molecular complexity index is 379. The van der Waals surface area contributed by atoms with Crippen LogP contribution in [-0.2, 0) is 4.79 Å². The molecule has 1 aliphatic rings. The molecule has 0 saturated carbocycles. The molecular weight excluding hydrogens is 222 g/mol. The molecule has 0 aromatic carbocycles. The summed E-state index contributed by atoms with van der Waals surface area (Å²) in [7, 11) is 1.99. The smallest absolute Gasteiger partial charge is 0.280 e. The number of carbonyl (C=O) groups is 1. The van der Waals surface area contributed by atoms with Crippen LogP contribution in [0.2, 0.25) is 0 Å². The molecule has 6 heteroatoms. The number of aliphatic hydroxyl groups excluding tert-OH is 1. The van der Waals surface area contributed by atoms with Crippen LogP contribution in [-0.4, -0.2) is 53.4 Å². The molecule has 2 rings (SSSR count). The van der Waals surface area contributed by atoms with Gasteiger partial charge >= 0.3 is 0 Å². The van der Waals surface area contributed by atoms with Gasteiger partial charge in [0.05, 0.1) is 13.6 Å². The molecule has 1 saturated heterocycles. The Morgan fingerprint density at radius 3 is 3.24 bits per heavy atom. The van der Waals surface area contributed by atoms with E-state index in [9.17, 15) is 9.90 Å². The van der Waals surface area contributed by atoms with E-state index in [2.05, 4.69) is 15.0 Å². The van der Waals surface area contributed by atoms with E-state index in [1.807, 2.05) is 7.05 Å². The molecule has 94 valence electrons. The van der Waals surface area contributed by atoms with Gasteiger partial charge in [-0.2, -0.15) is 0 Å². The van der Waals surface area contributed by atoms with Crippen molar-refractivity contribution in [3.05, 3.63) is 12.3 Å². The summed E-state index contributed by atoms with van der Waals surface area (Å²) >= 11 is 0. The predicted octanol–water partition coefficient (Wildman–Crippen LogP) is 0.214. The van der Waals surface area contributed by atoms with Crippen molar-refractivity contribution < 1.29 is 18.9 Å². The number of likely N-dealkylation sites (N-methyl/N-ethyl adjacent to an activating group) is 1. The van der Waals surface area contributed by atoms with Crippen molar-refractivity contribution in [2.24, 2.45) is 0 Å². The molecule has 1 aromatic rings. The highest BCUT2D eigenvalue weighted by atomic mass is 16.5. The van der Waals surface area contributed by atoms with Crippen molar-refractivity contribution in [3.8, 4) is 0 Å². The number of carbonyl (C=O) groups excluding carboxylic acids is 1. The number of anilines is 1. The van der Waals surface area contributed by atoms with Gasteiger partial charge in [-0.3, -0.25) is 4.79 Å². The molecule has 0 aliphatic carbocycles. The fraction of sp³-hybridized carbons (Fsp3) is 0.636. The van der Waals surface area contributed by atoms with Crippen LogP contribution in [0.25, 0.3) is 0 Å². The van der Waals surface area contributed by atoms with Gasteiger partial charge in [0, 0.05) is 6.07 Å². The maximum Gasteiger partial charge on any atom is 0.280 e. The fourth-order valence-corrected chi connectivity index (χ4v) is 2.35. The highest BCUT2D eigenvalue weighted by Gasteiger charge is 2.32. The van der Waals surface area contributed by atoms with Crippen LogP contribution in [0.5, 0.6) is 0 Å². The third-order valence-electron chi connectivity index (χ3n) is 3.12. The lowest BCUT2D eigenvalue weighted by Crippen LogP contribution is -2.55. The minimum atomic E-state index is -0.298. The third-order valence-corrected chi connectivity index (χ3v) is 3.12. The van der Waals surface area contributed by atoms with E-state index < -0.39 is 0 Å². The number of nitrogens with zero attached hydrogens (tertiary/aromatic N) is 2. The van der Waals surface area contributed by atoms with Crippen LogP contribution in [0.4, 0.5) is 5.82 Å². The first-order chi connectivity index (χ1) is 8.07. The van der Waals surface area contributed by atoms with E-state index in [0.29, 0.717) is 23.4 Å². The van der Waals surface area contributed by atoms with E-state index in [0.717, 1.165) is 19.4 Å². The molecule has 0 bridgehead atoms. The number of nitrogens with one attached hydrogen (secondary N) is 1. The Morgan fingerprint density at radius 1 is 1.76 bits per heavy atom. The lowest BCUT2D eigenvalue weighted by Gasteiger charge is -2.39. The van der Waals surface area contributed by atoms with Crippen molar-refractivity contribution >= 4 is 11.7 Å². The van der Waals surface area contributed by atoms with Crippen molar-refractivity contribution in [1.29, 1.82) is 0 Å². The molecule has 2 atom stereocenters. The highest BCUT2D eigenvalue weighted by molar-refractivity contribution is 5.90. The second kappa shape index (κ2) is 4.85. The zero-order valence-corrected chi connectivity index (χ0v) is 9.93. The maximum absolute atomic E-state index is 11.8. The van der Waals surface area contributed by atoms with E-state index >= 15 is 0 Å². The SMILES string of the molecule is C[N@+]1(CC(=O)Nc2ccon2)CCC[C@@H](O)C1. The van der Waals surface area contributed by atoms with Gasteiger partial charge < -0.3 is 19.4 Å². The number of hydrogen-bond acceptors (Lipinski definition) is 4. The van der Waals surface area contributed by atoms with Crippen LogP contribution >= 0.6 is 0 Å². The van der Waals surface area contributed by atoms with E-state index in [1.165, 1.54) is 6.26 Å². The molecular formula is C11H18N3O3+. The predicted molar refractivity (Wildman–Crippen MR) is 61.2 cm³/mol. The fourth-order valence-electron chi connectivity index (χ4n) is 2.35. The third kappa shape index (κ3) is 3.28. The maximum atomic E-state index is 11.8. The number of rotatable bonds is 3. The number of piperidine rings is 1. The molecule has 0 spiro atoms. The van der Waals surface area contributed by atoms with Gasteiger partial charge in [-0.1, -0.05) is 5.16 Å². The second-order valence-electron chi connectivity index (χ2n) is 4.91. The van der Waals surface area contributed by atoms with Crippen molar-refractivity contribution in [3.63, 3.8) is 0 Å². The molecule has 1 fully saturated rings. The Balaban J connectivity index is 1.89. The van der Waals surface area contributed by atoms with Gasteiger partial charge in [0.1, 0.15) is 18.9 Å². The van der Waals surface area contributed by atoms with Gasteiger partial charge in [-0.15, -0.1) is 0 Å². The first-order valence-corrected chi connectivity index (χ1v) is 5.79. The first-order valence-electron chi connectivity index (χ1n) is 5.79. The summed E-state index contributed by atoms with van der Waals surface area (Å²) in [6, 6.07) is 1.60. The average molecular weight is 240 g/mol. The van der Waals surface area contributed by atoms with Crippen LogP contribution in [0.15, 0.2) is 16.9 Å². The molecule has 2 heterocycles. The van der Waals surface area contributed by atoms with Crippen LogP contribution in [0.1, 0.15) is 12.8 Å². The van der Waals surface area contributed by atoms with Crippen molar-refractivity contribution in [2.75, 3.05) is 32.0 Å². The summed E-state index contributed by atoms with van der Waals surface area (Å²) in [4.78, 5) is 11.8. The van der Waals surface area contributed by atoms with Crippen molar-refractivity contribution in [2.45, 2.75) is 18.9 Å². The average Bonchev–Trinajstić information content (AvgIpc) is 2.68. The van der Waals surface area contributed by atoms with Crippen LogP contribution in [0.3, 0.4) is 0 Å². The number of quaternary nitrogens is 1. The lowest BCUT2D eigenvalue weighted by molar-refractivity contribution is -0.909. The van der Waals surface area contributed by atoms with Crippen molar-refractivity contribution in [1.82, 2.24) is 5.16 Å². The topological polar surface area (TPSA) is 75.4 Å². The quantitative estimate of drug-likeness (QED) is 0.741. The minimum Gasteiger partial charge on any atom is -0.387 e. The number of aliphatic hydroxyl groups is 1. The van der Waals surface area contributed by atoms with E-state index in [4.69, 9.17) is 0 Å². The molecule has 1 amide bonds. The summed E-state index contributed by atoms with van der Waals surface area (Å²) in [5.41, 5.74) is 0. The molecule has 0 radical (unpaired) electrons. The Labute approximate surface area is 99.8 Å². The molecule has 17 heavy (non-hydrogen) atoms. The van der Waals surface area contributed by atoms with Gasteiger partial charge in [0.15, 0.2) is 12.4 Å². The van der Waals surface area contributed by atoms with E-state index in [-0.39, 0.29) is 12.0 Å². The molecule has 1 aromatic heterocycles. The Hall–Kier alpha value is -1.40. The standard InChI is InChI=1S/C11H17N3O3/c1-14(5-2-3-9(15)7-14)8-11(16)12-10-4-6-17-13-10/h4,6,9,15H,2-3,5,7-8H2,1H3/p+1/t9-,14+/m1/s1. The minimum absolute atomic E-state index is 0.101. The second-order valence-corrected chi connectivity index (χ2v) is 4.91. The normalized spacial score (nSPS) is 28.9.